The third-order valence-electron chi connectivity index (χ3n) is 2.60. The SMILES string of the molecule is C=CCC(C(=O)OCC)[P+]1([O-])OCC(C)(C)CO1. The lowest BCUT2D eigenvalue weighted by Crippen LogP contribution is -2.42. The molecule has 1 aliphatic rings. The van der Waals surface area contributed by atoms with Crippen molar-refractivity contribution < 1.29 is 23.5 Å². The lowest BCUT2D eigenvalue weighted by Gasteiger charge is -2.40. The summed E-state index contributed by atoms with van der Waals surface area (Å²) in [4.78, 5) is 24.3. The molecule has 0 amide bonds. The Balaban J connectivity index is 2.78. The van der Waals surface area contributed by atoms with Gasteiger partial charge in [0, 0.05) is 11.8 Å². The van der Waals surface area contributed by atoms with Crippen molar-refractivity contribution in [2.24, 2.45) is 5.41 Å². The molecular weight excluding hydrogens is 255 g/mol. The van der Waals surface area contributed by atoms with E-state index in [4.69, 9.17) is 13.8 Å². The summed E-state index contributed by atoms with van der Waals surface area (Å²) in [5, 5.41) is 0. The molecule has 104 valence electrons. The number of allylic oxidation sites excluding steroid dienone is 1. The Bertz CT molecular complexity index is 306. The fourth-order valence-electron chi connectivity index (χ4n) is 1.54. The van der Waals surface area contributed by atoms with Gasteiger partial charge in [-0.1, -0.05) is 19.9 Å². The van der Waals surface area contributed by atoms with Crippen LogP contribution in [0, 0.1) is 5.41 Å². The Kier molecular flexibility index (Phi) is 5.29. The lowest BCUT2D eigenvalue weighted by atomic mass is 9.97. The second kappa shape index (κ2) is 6.11. The highest BCUT2D eigenvalue weighted by Gasteiger charge is 2.51. The number of esters is 1. The Labute approximate surface area is 109 Å². The molecule has 1 aliphatic heterocycles. The maximum Gasteiger partial charge on any atom is 0.352 e. The Morgan fingerprint density at radius 3 is 2.56 bits per heavy atom. The van der Waals surface area contributed by atoms with Crippen molar-refractivity contribution in [3.8, 4) is 0 Å². The second-order valence-electron chi connectivity index (χ2n) is 5.04. The van der Waals surface area contributed by atoms with Crippen molar-refractivity contribution in [3.05, 3.63) is 12.7 Å². The molecule has 0 radical (unpaired) electrons. The van der Waals surface area contributed by atoms with Crippen LogP contribution in [0.15, 0.2) is 12.7 Å². The minimum atomic E-state index is -3.45. The van der Waals surface area contributed by atoms with Gasteiger partial charge in [0.2, 0.25) is 5.66 Å². The molecule has 0 aliphatic carbocycles. The predicted octanol–water partition coefficient (Wildman–Crippen LogP) is 1.69. The van der Waals surface area contributed by atoms with Crippen LogP contribution in [-0.2, 0) is 18.6 Å². The predicted molar refractivity (Wildman–Crippen MR) is 67.8 cm³/mol. The molecule has 0 aromatic heterocycles. The summed E-state index contributed by atoms with van der Waals surface area (Å²) in [6.45, 7) is 9.99. The zero-order valence-electron chi connectivity index (χ0n) is 11.2. The van der Waals surface area contributed by atoms with E-state index in [1.165, 1.54) is 6.08 Å². The Morgan fingerprint density at radius 2 is 2.11 bits per heavy atom. The van der Waals surface area contributed by atoms with E-state index in [0.29, 0.717) is 13.2 Å². The molecule has 1 saturated heterocycles. The van der Waals surface area contributed by atoms with Crippen LogP contribution in [0.3, 0.4) is 0 Å². The second-order valence-corrected chi connectivity index (χ2v) is 7.26. The number of carbonyl (C=O) groups excluding carboxylic acids is 1. The third kappa shape index (κ3) is 3.75. The van der Waals surface area contributed by atoms with Crippen molar-refractivity contribution in [1.82, 2.24) is 0 Å². The first-order valence-corrected chi connectivity index (χ1v) is 7.62. The zero-order valence-corrected chi connectivity index (χ0v) is 12.1. The summed E-state index contributed by atoms with van der Waals surface area (Å²) < 4.78 is 15.6. The van der Waals surface area contributed by atoms with Gasteiger partial charge in [0.05, 0.1) is 6.61 Å². The first-order valence-electron chi connectivity index (χ1n) is 6.01. The summed E-state index contributed by atoms with van der Waals surface area (Å²) in [5.74, 6) is -0.555. The van der Waals surface area contributed by atoms with Gasteiger partial charge in [-0.15, -0.1) is 6.58 Å². The molecule has 1 unspecified atom stereocenters. The van der Waals surface area contributed by atoms with Gasteiger partial charge in [-0.05, 0) is 6.92 Å². The molecule has 1 atom stereocenters. The van der Waals surface area contributed by atoms with Crippen molar-refractivity contribution in [2.75, 3.05) is 19.8 Å². The molecular formula is C12H21O5P. The Hall–Kier alpha value is -0.480. The maximum absolute atomic E-state index is 12.5. The quantitative estimate of drug-likeness (QED) is 0.434. The summed E-state index contributed by atoms with van der Waals surface area (Å²) in [5.41, 5.74) is -1.10. The number of hydrogen-bond donors (Lipinski definition) is 0. The highest BCUT2D eigenvalue weighted by molar-refractivity contribution is 7.61. The van der Waals surface area contributed by atoms with Crippen LogP contribution < -0.4 is 4.89 Å². The Morgan fingerprint density at radius 1 is 1.56 bits per heavy atom. The van der Waals surface area contributed by atoms with Gasteiger partial charge in [-0.2, -0.15) is 0 Å². The van der Waals surface area contributed by atoms with Gasteiger partial charge in [0.25, 0.3) is 7.94 Å². The normalized spacial score (nSPS) is 23.1. The van der Waals surface area contributed by atoms with Gasteiger partial charge in [0.15, 0.2) is 0 Å². The van der Waals surface area contributed by atoms with E-state index >= 15 is 0 Å². The van der Waals surface area contributed by atoms with Crippen LogP contribution in [0.2, 0.25) is 0 Å². The first kappa shape index (κ1) is 15.6. The minimum absolute atomic E-state index is 0.193. The molecule has 5 nitrogen and oxygen atoms in total. The molecule has 0 spiro atoms. The monoisotopic (exact) mass is 276 g/mol. The number of carbonyl (C=O) groups is 1. The third-order valence-corrected chi connectivity index (χ3v) is 4.76. The first-order chi connectivity index (χ1) is 8.34. The molecule has 1 heterocycles. The van der Waals surface area contributed by atoms with Gasteiger partial charge in [0.1, 0.15) is 13.2 Å². The molecule has 0 aromatic carbocycles. The largest absolute Gasteiger partial charge is 0.631 e. The molecule has 0 bridgehead atoms. The van der Waals surface area contributed by atoms with Crippen molar-refractivity contribution in [2.45, 2.75) is 32.9 Å². The van der Waals surface area contributed by atoms with Crippen LogP contribution in [-0.4, -0.2) is 31.4 Å². The fourth-order valence-corrected chi connectivity index (χ4v) is 3.77. The molecule has 0 aromatic rings. The summed E-state index contributed by atoms with van der Waals surface area (Å²) >= 11 is 0. The average molecular weight is 276 g/mol. The van der Waals surface area contributed by atoms with Crippen LogP contribution in [0.1, 0.15) is 27.2 Å². The molecule has 0 saturated carbocycles. The maximum atomic E-state index is 12.5. The van der Waals surface area contributed by atoms with Crippen LogP contribution in [0.25, 0.3) is 0 Å². The van der Waals surface area contributed by atoms with E-state index < -0.39 is 19.6 Å². The smallest absolute Gasteiger partial charge is 0.352 e. The van der Waals surface area contributed by atoms with E-state index in [1.54, 1.807) is 6.92 Å². The topological polar surface area (TPSA) is 67.8 Å². The highest BCUT2D eigenvalue weighted by atomic mass is 31.2. The standard InChI is InChI=1S/C12H21O5P/c1-5-7-10(11(13)15-6-2)18(14)16-8-12(3,4)9-17-18/h5,10H,1,6-9H2,2-4H3. The molecule has 1 fully saturated rings. The number of hydrogen-bond acceptors (Lipinski definition) is 5. The van der Waals surface area contributed by atoms with E-state index in [-0.39, 0.29) is 18.4 Å². The van der Waals surface area contributed by atoms with Crippen LogP contribution in [0.4, 0.5) is 0 Å². The number of ether oxygens (including phenoxy) is 1. The molecule has 6 heteroatoms. The zero-order chi connectivity index (χ0) is 13.8. The molecule has 0 N–H and O–H groups in total. The summed E-state index contributed by atoms with van der Waals surface area (Å²) in [6, 6.07) is 0. The van der Waals surface area contributed by atoms with E-state index in [2.05, 4.69) is 6.58 Å². The fraction of sp³-hybridized carbons (Fsp3) is 0.750. The highest BCUT2D eigenvalue weighted by Crippen LogP contribution is 2.62. The van der Waals surface area contributed by atoms with Gasteiger partial charge in [-0.3, -0.25) is 0 Å². The van der Waals surface area contributed by atoms with Gasteiger partial charge >= 0.3 is 5.97 Å². The summed E-state index contributed by atoms with van der Waals surface area (Å²) in [7, 11) is -3.45. The number of rotatable bonds is 5. The van der Waals surface area contributed by atoms with Gasteiger partial charge < -0.3 is 9.63 Å². The van der Waals surface area contributed by atoms with E-state index in [9.17, 15) is 9.69 Å². The van der Waals surface area contributed by atoms with Crippen LogP contribution in [0.5, 0.6) is 0 Å². The summed E-state index contributed by atoms with van der Waals surface area (Å²) in [6.07, 6.45) is 1.74. The minimum Gasteiger partial charge on any atom is -0.631 e. The molecule has 18 heavy (non-hydrogen) atoms. The van der Waals surface area contributed by atoms with Gasteiger partial charge in [-0.25, -0.2) is 13.8 Å². The lowest BCUT2D eigenvalue weighted by molar-refractivity contribution is -0.236. The molecule has 1 rings (SSSR count). The van der Waals surface area contributed by atoms with E-state index in [0.717, 1.165) is 0 Å². The van der Waals surface area contributed by atoms with Crippen molar-refractivity contribution >= 4 is 13.9 Å². The average Bonchev–Trinajstić information content (AvgIpc) is 2.31. The van der Waals surface area contributed by atoms with Crippen molar-refractivity contribution in [3.63, 3.8) is 0 Å². The van der Waals surface area contributed by atoms with Crippen LogP contribution >= 0.6 is 7.94 Å². The van der Waals surface area contributed by atoms with E-state index in [1.807, 2.05) is 13.8 Å². The van der Waals surface area contributed by atoms with Crippen molar-refractivity contribution in [1.29, 1.82) is 0 Å².